The molecule has 0 aliphatic rings. The van der Waals surface area contributed by atoms with Gasteiger partial charge in [-0.2, -0.15) is 0 Å². The summed E-state index contributed by atoms with van der Waals surface area (Å²) in [5.41, 5.74) is 2.10. The maximum atomic E-state index is 11.0. The van der Waals surface area contributed by atoms with Crippen LogP contribution in [-0.2, 0) is 11.2 Å². The number of fused-ring (bicyclic) bond motifs is 1. The number of ether oxygens (including phenoxy) is 1. The summed E-state index contributed by atoms with van der Waals surface area (Å²) in [6.07, 6.45) is 3.66. The van der Waals surface area contributed by atoms with E-state index >= 15 is 0 Å². The first-order valence-corrected chi connectivity index (χ1v) is 5.93. The Kier molecular flexibility index (Phi) is 3.67. The molecule has 18 heavy (non-hydrogen) atoms. The number of methoxy groups -OCH3 is 1. The number of carbonyl (C=O) groups is 1. The molecule has 0 saturated heterocycles. The Morgan fingerprint density at radius 1 is 1.39 bits per heavy atom. The third-order valence-corrected chi connectivity index (χ3v) is 3.06. The molecule has 0 fully saturated rings. The summed E-state index contributed by atoms with van der Waals surface area (Å²) >= 11 is 0. The van der Waals surface area contributed by atoms with Crippen LogP contribution in [0.4, 0.5) is 0 Å². The quantitative estimate of drug-likeness (QED) is 0.754. The Bertz CT molecular complexity index is 558. The van der Waals surface area contributed by atoms with Crippen molar-refractivity contribution in [3.05, 3.63) is 30.0 Å². The van der Waals surface area contributed by atoms with Gasteiger partial charge in [0.05, 0.1) is 12.6 Å². The molecule has 0 bridgehead atoms. The summed E-state index contributed by atoms with van der Waals surface area (Å²) in [5.74, 6) is 0.817. The van der Waals surface area contributed by atoms with Crippen molar-refractivity contribution in [3.63, 3.8) is 0 Å². The normalized spacial score (nSPS) is 11.1. The van der Waals surface area contributed by atoms with Gasteiger partial charge in [-0.05, 0) is 44.3 Å². The second-order valence-corrected chi connectivity index (χ2v) is 4.60. The van der Waals surface area contributed by atoms with Crippen molar-refractivity contribution in [1.82, 2.24) is 9.47 Å². The largest absolute Gasteiger partial charge is 0.497 e. The lowest BCUT2D eigenvalue weighted by Crippen LogP contribution is -2.14. The van der Waals surface area contributed by atoms with Gasteiger partial charge in [0, 0.05) is 18.1 Å². The fourth-order valence-electron chi connectivity index (χ4n) is 2.06. The summed E-state index contributed by atoms with van der Waals surface area (Å²) in [5, 5.41) is 1.09. The number of likely N-dealkylation sites (N-methyl/N-ethyl adjacent to an activating group) is 1. The minimum Gasteiger partial charge on any atom is -0.497 e. The molecule has 4 nitrogen and oxygen atoms in total. The molecule has 0 atom stereocenters. The van der Waals surface area contributed by atoms with Crippen molar-refractivity contribution in [1.29, 1.82) is 0 Å². The van der Waals surface area contributed by atoms with E-state index in [1.807, 2.05) is 38.5 Å². The van der Waals surface area contributed by atoms with E-state index in [2.05, 4.69) is 4.90 Å². The van der Waals surface area contributed by atoms with Gasteiger partial charge in [0.1, 0.15) is 5.75 Å². The summed E-state index contributed by atoms with van der Waals surface area (Å²) in [7, 11) is 5.73. The van der Waals surface area contributed by atoms with Gasteiger partial charge in [-0.25, -0.2) is 0 Å². The van der Waals surface area contributed by atoms with E-state index in [-0.39, 0.29) is 0 Å². The summed E-state index contributed by atoms with van der Waals surface area (Å²) in [4.78, 5) is 13.2. The van der Waals surface area contributed by atoms with Crippen molar-refractivity contribution in [2.75, 3.05) is 27.7 Å². The molecule has 0 unspecified atom stereocenters. The molecule has 2 rings (SSSR count). The number of nitrogens with zero attached hydrogens (tertiary/aromatic N) is 2. The van der Waals surface area contributed by atoms with Crippen LogP contribution in [0.25, 0.3) is 10.9 Å². The molecular formula is C14H18N2O2. The molecule has 2 aromatic rings. The molecule has 0 amide bonds. The van der Waals surface area contributed by atoms with E-state index < -0.39 is 0 Å². The zero-order valence-electron chi connectivity index (χ0n) is 11.0. The number of benzene rings is 1. The van der Waals surface area contributed by atoms with Gasteiger partial charge in [0.25, 0.3) is 0 Å². The molecule has 1 aromatic heterocycles. The number of rotatable bonds is 5. The van der Waals surface area contributed by atoms with Crippen LogP contribution in [0.2, 0.25) is 0 Å². The van der Waals surface area contributed by atoms with Crippen LogP contribution in [0.15, 0.2) is 24.4 Å². The van der Waals surface area contributed by atoms with Gasteiger partial charge in [0.2, 0.25) is 6.41 Å². The number of hydrogen-bond acceptors (Lipinski definition) is 3. The number of hydrogen-bond donors (Lipinski definition) is 0. The highest BCUT2D eigenvalue weighted by atomic mass is 16.5. The second-order valence-electron chi connectivity index (χ2n) is 4.60. The molecular weight excluding hydrogens is 228 g/mol. The first-order chi connectivity index (χ1) is 8.65. The molecule has 1 aromatic carbocycles. The number of carbonyl (C=O) groups excluding carboxylic acids is 1. The highest BCUT2D eigenvalue weighted by molar-refractivity contribution is 5.89. The van der Waals surface area contributed by atoms with Crippen LogP contribution in [0, 0.1) is 0 Å². The van der Waals surface area contributed by atoms with Gasteiger partial charge >= 0.3 is 0 Å². The van der Waals surface area contributed by atoms with Crippen molar-refractivity contribution in [2.45, 2.75) is 6.42 Å². The molecule has 0 aliphatic carbocycles. The first kappa shape index (κ1) is 12.6. The maximum absolute atomic E-state index is 11.0. The van der Waals surface area contributed by atoms with Crippen LogP contribution in [-0.4, -0.2) is 43.6 Å². The predicted octanol–water partition coefficient (Wildman–Crippen LogP) is 1.79. The Balaban J connectivity index is 2.46. The van der Waals surface area contributed by atoms with Gasteiger partial charge in [-0.15, -0.1) is 0 Å². The van der Waals surface area contributed by atoms with E-state index in [1.54, 1.807) is 11.7 Å². The maximum Gasteiger partial charge on any atom is 0.218 e. The highest BCUT2D eigenvalue weighted by Crippen LogP contribution is 2.25. The Labute approximate surface area is 107 Å². The molecule has 96 valence electrons. The lowest BCUT2D eigenvalue weighted by Gasteiger charge is -2.08. The summed E-state index contributed by atoms with van der Waals surface area (Å²) in [6, 6.07) is 5.78. The molecule has 0 aliphatic heterocycles. The highest BCUT2D eigenvalue weighted by Gasteiger charge is 2.09. The average molecular weight is 246 g/mol. The van der Waals surface area contributed by atoms with Crippen LogP contribution in [0.3, 0.4) is 0 Å². The smallest absolute Gasteiger partial charge is 0.218 e. The fraction of sp³-hybridized carbons (Fsp3) is 0.357. The fourth-order valence-corrected chi connectivity index (χ4v) is 2.06. The Morgan fingerprint density at radius 3 is 2.78 bits per heavy atom. The van der Waals surface area contributed by atoms with E-state index in [0.717, 1.165) is 36.0 Å². The Hall–Kier alpha value is -1.81. The lowest BCUT2D eigenvalue weighted by atomic mass is 10.1. The van der Waals surface area contributed by atoms with Gasteiger partial charge in [0.15, 0.2) is 0 Å². The number of aromatic nitrogens is 1. The summed E-state index contributed by atoms with van der Waals surface area (Å²) < 4.78 is 6.86. The average Bonchev–Trinajstić information content (AvgIpc) is 2.73. The van der Waals surface area contributed by atoms with E-state index in [1.165, 1.54) is 5.56 Å². The van der Waals surface area contributed by atoms with Gasteiger partial charge in [-0.3, -0.25) is 9.36 Å². The first-order valence-electron chi connectivity index (χ1n) is 5.93. The van der Waals surface area contributed by atoms with E-state index in [0.29, 0.717) is 0 Å². The third kappa shape index (κ3) is 2.38. The van der Waals surface area contributed by atoms with E-state index in [4.69, 9.17) is 4.74 Å². The van der Waals surface area contributed by atoms with Crippen LogP contribution >= 0.6 is 0 Å². The van der Waals surface area contributed by atoms with Crippen LogP contribution in [0.1, 0.15) is 5.56 Å². The zero-order chi connectivity index (χ0) is 13.1. The molecule has 0 N–H and O–H groups in total. The van der Waals surface area contributed by atoms with Gasteiger partial charge < -0.3 is 9.64 Å². The molecule has 4 heteroatoms. The van der Waals surface area contributed by atoms with Crippen molar-refractivity contribution in [2.24, 2.45) is 0 Å². The molecule has 0 saturated carbocycles. The van der Waals surface area contributed by atoms with Crippen molar-refractivity contribution < 1.29 is 9.53 Å². The van der Waals surface area contributed by atoms with Gasteiger partial charge in [-0.1, -0.05) is 0 Å². The SMILES string of the molecule is COc1ccc2c(c1)c(CCN(C)C)cn2C=O. The Morgan fingerprint density at radius 2 is 2.17 bits per heavy atom. The van der Waals surface area contributed by atoms with Crippen LogP contribution in [0.5, 0.6) is 5.75 Å². The topological polar surface area (TPSA) is 34.5 Å². The lowest BCUT2D eigenvalue weighted by molar-refractivity contribution is 0.413. The minimum absolute atomic E-state index is 0.817. The predicted molar refractivity (Wildman–Crippen MR) is 72.9 cm³/mol. The zero-order valence-corrected chi connectivity index (χ0v) is 11.0. The summed E-state index contributed by atoms with van der Waals surface area (Å²) in [6.45, 7) is 0.954. The standard InChI is InChI=1S/C14H18N2O2/c1-15(2)7-6-11-9-16(10-17)14-5-4-12(18-3)8-13(11)14/h4-5,8-10H,6-7H2,1-3H3. The van der Waals surface area contributed by atoms with Crippen molar-refractivity contribution >= 4 is 17.3 Å². The molecule has 0 radical (unpaired) electrons. The van der Waals surface area contributed by atoms with Crippen LogP contribution < -0.4 is 4.74 Å². The van der Waals surface area contributed by atoms with E-state index in [9.17, 15) is 4.79 Å². The monoisotopic (exact) mass is 246 g/mol. The minimum atomic E-state index is 0.817. The molecule has 0 spiro atoms. The third-order valence-electron chi connectivity index (χ3n) is 3.06. The second kappa shape index (κ2) is 5.23. The van der Waals surface area contributed by atoms with Crippen molar-refractivity contribution in [3.8, 4) is 5.75 Å². The molecule has 1 heterocycles.